The molecule has 0 radical (unpaired) electrons. The van der Waals surface area contributed by atoms with Crippen LogP contribution in [0.15, 0.2) is 53.0 Å². The molecule has 0 aromatic heterocycles. The molecule has 7 heteroatoms. The normalized spacial score (nSPS) is 11.6. The number of halogens is 1. The Hall–Kier alpha value is -2.41. The Kier molecular flexibility index (Phi) is 6.31. The molecule has 0 bridgehead atoms. The maximum absolute atomic E-state index is 12.0. The van der Waals surface area contributed by atoms with E-state index in [9.17, 15) is 14.9 Å². The van der Waals surface area contributed by atoms with Crippen molar-refractivity contribution in [2.24, 2.45) is 0 Å². The van der Waals surface area contributed by atoms with E-state index in [1.54, 1.807) is 0 Å². The van der Waals surface area contributed by atoms with Crippen LogP contribution in [0.4, 0.5) is 5.69 Å². The lowest BCUT2D eigenvalue weighted by Crippen LogP contribution is -2.32. The highest BCUT2D eigenvalue weighted by Crippen LogP contribution is 2.20. The van der Waals surface area contributed by atoms with E-state index in [0.29, 0.717) is 5.75 Å². The molecule has 6 nitrogen and oxygen atoms in total. The van der Waals surface area contributed by atoms with Crippen molar-refractivity contribution >= 4 is 27.5 Å². The van der Waals surface area contributed by atoms with Crippen molar-refractivity contribution in [1.82, 2.24) is 5.32 Å². The first kappa shape index (κ1) is 17.9. The van der Waals surface area contributed by atoms with Crippen molar-refractivity contribution in [2.45, 2.75) is 19.4 Å². The summed E-state index contributed by atoms with van der Waals surface area (Å²) >= 11 is 3.38. The number of hydrogen-bond donors (Lipinski definition) is 1. The Labute approximate surface area is 148 Å². The molecule has 0 unspecified atom stereocenters. The zero-order chi connectivity index (χ0) is 17.5. The van der Waals surface area contributed by atoms with Gasteiger partial charge in [0.2, 0.25) is 0 Å². The van der Waals surface area contributed by atoms with Crippen LogP contribution in [0.3, 0.4) is 0 Å². The Morgan fingerprint density at radius 3 is 2.38 bits per heavy atom. The molecule has 0 aliphatic carbocycles. The second kappa shape index (κ2) is 8.44. The number of rotatable bonds is 7. The Morgan fingerprint density at radius 2 is 1.83 bits per heavy atom. The maximum Gasteiger partial charge on any atom is 0.269 e. The van der Waals surface area contributed by atoms with Crippen molar-refractivity contribution in [1.29, 1.82) is 0 Å². The van der Waals surface area contributed by atoms with Crippen molar-refractivity contribution in [2.75, 3.05) is 6.61 Å². The van der Waals surface area contributed by atoms with Gasteiger partial charge in [0.05, 0.1) is 11.0 Å². The zero-order valence-electron chi connectivity index (χ0n) is 13.1. The van der Waals surface area contributed by atoms with Crippen molar-refractivity contribution in [3.05, 3.63) is 68.7 Å². The number of nitrogens with zero attached hydrogens (tertiary/aromatic N) is 1. The predicted molar refractivity (Wildman–Crippen MR) is 93.9 cm³/mol. The van der Waals surface area contributed by atoms with Crippen LogP contribution >= 0.6 is 15.9 Å². The van der Waals surface area contributed by atoms with Crippen LogP contribution in [0, 0.1) is 10.1 Å². The Bertz CT molecular complexity index is 702. The summed E-state index contributed by atoms with van der Waals surface area (Å²) in [6, 6.07) is 13.3. The molecule has 1 amide bonds. The number of amides is 1. The van der Waals surface area contributed by atoms with Crippen LogP contribution in [0.1, 0.15) is 24.9 Å². The van der Waals surface area contributed by atoms with E-state index in [-0.39, 0.29) is 24.2 Å². The number of nitrogens with one attached hydrogen (secondary N) is 1. The van der Waals surface area contributed by atoms with Gasteiger partial charge in [-0.2, -0.15) is 0 Å². The summed E-state index contributed by atoms with van der Waals surface area (Å²) in [6.45, 7) is 1.84. The van der Waals surface area contributed by atoms with Crippen LogP contribution in [0.25, 0.3) is 0 Å². The van der Waals surface area contributed by atoms with Gasteiger partial charge in [0.25, 0.3) is 11.6 Å². The molecule has 126 valence electrons. The highest BCUT2D eigenvalue weighted by atomic mass is 79.9. The van der Waals surface area contributed by atoms with E-state index in [4.69, 9.17) is 4.74 Å². The number of nitro benzene ring substituents is 1. The van der Waals surface area contributed by atoms with Gasteiger partial charge in [-0.25, -0.2) is 0 Å². The second-order valence-electron chi connectivity index (χ2n) is 5.12. The number of carbonyl (C=O) groups excluding carboxylic acids is 1. The molecule has 0 aliphatic heterocycles. The molecule has 1 N–H and O–H groups in total. The van der Waals surface area contributed by atoms with Gasteiger partial charge in [-0.3, -0.25) is 14.9 Å². The summed E-state index contributed by atoms with van der Waals surface area (Å²) in [5.74, 6) is 0.163. The number of nitro groups is 1. The summed E-state index contributed by atoms with van der Waals surface area (Å²) in [5.41, 5.74) is 0.998. The number of carbonyl (C=O) groups is 1. The van der Waals surface area contributed by atoms with Gasteiger partial charge in [0.1, 0.15) is 5.75 Å². The summed E-state index contributed by atoms with van der Waals surface area (Å²) in [7, 11) is 0. The molecular formula is C17H17BrN2O4. The lowest BCUT2D eigenvalue weighted by atomic mass is 10.0. The SMILES string of the molecule is CC[C@@H](NC(=O)COc1ccc([N+](=O)[O-])cc1)c1ccc(Br)cc1. The first-order valence-electron chi connectivity index (χ1n) is 7.41. The van der Waals surface area contributed by atoms with E-state index in [2.05, 4.69) is 21.2 Å². The van der Waals surface area contributed by atoms with Gasteiger partial charge in [-0.1, -0.05) is 35.0 Å². The third-order valence-electron chi connectivity index (χ3n) is 3.43. The van der Waals surface area contributed by atoms with Crippen LogP contribution in [-0.4, -0.2) is 17.4 Å². The minimum Gasteiger partial charge on any atom is -0.484 e. The summed E-state index contributed by atoms with van der Waals surface area (Å²) in [5, 5.41) is 13.5. The molecule has 0 spiro atoms. The van der Waals surface area contributed by atoms with Crippen molar-refractivity contribution in [3.8, 4) is 5.75 Å². The maximum atomic E-state index is 12.0. The fourth-order valence-corrected chi connectivity index (χ4v) is 2.43. The minimum atomic E-state index is -0.486. The third kappa shape index (κ3) is 5.06. The molecule has 24 heavy (non-hydrogen) atoms. The predicted octanol–water partition coefficient (Wildman–Crippen LogP) is 4.00. The Morgan fingerprint density at radius 1 is 1.21 bits per heavy atom. The van der Waals surface area contributed by atoms with Crippen LogP contribution < -0.4 is 10.1 Å². The first-order chi connectivity index (χ1) is 11.5. The van der Waals surface area contributed by atoms with Gasteiger partial charge >= 0.3 is 0 Å². The lowest BCUT2D eigenvalue weighted by Gasteiger charge is -2.17. The summed E-state index contributed by atoms with van der Waals surface area (Å²) in [6.07, 6.45) is 0.755. The summed E-state index contributed by atoms with van der Waals surface area (Å²) < 4.78 is 6.34. The highest BCUT2D eigenvalue weighted by molar-refractivity contribution is 9.10. The lowest BCUT2D eigenvalue weighted by molar-refractivity contribution is -0.384. The molecule has 2 aromatic rings. The van der Waals surface area contributed by atoms with Crippen LogP contribution in [0.2, 0.25) is 0 Å². The number of non-ortho nitro benzene ring substituents is 1. The van der Waals surface area contributed by atoms with Gasteiger partial charge in [0, 0.05) is 16.6 Å². The van der Waals surface area contributed by atoms with E-state index < -0.39 is 4.92 Å². The quantitative estimate of drug-likeness (QED) is 0.570. The van der Waals surface area contributed by atoms with E-state index >= 15 is 0 Å². The standard InChI is InChI=1S/C17H17BrN2O4/c1-2-16(12-3-5-13(18)6-4-12)19-17(21)11-24-15-9-7-14(8-10-15)20(22)23/h3-10,16H,2,11H2,1H3,(H,19,21)/t16-/m1/s1. The minimum absolute atomic E-state index is 0.0203. The molecule has 0 saturated carbocycles. The molecule has 0 heterocycles. The second-order valence-corrected chi connectivity index (χ2v) is 6.04. The molecular weight excluding hydrogens is 376 g/mol. The average molecular weight is 393 g/mol. The van der Waals surface area contributed by atoms with Gasteiger partial charge in [-0.15, -0.1) is 0 Å². The zero-order valence-corrected chi connectivity index (χ0v) is 14.7. The third-order valence-corrected chi connectivity index (χ3v) is 3.96. The van der Waals surface area contributed by atoms with Crippen molar-refractivity contribution < 1.29 is 14.5 Å². The van der Waals surface area contributed by atoms with Gasteiger partial charge in [0.15, 0.2) is 6.61 Å². The number of benzene rings is 2. The van der Waals surface area contributed by atoms with E-state index in [1.165, 1.54) is 24.3 Å². The largest absolute Gasteiger partial charge is 0.484 e. The molecule has 2 rings (SSSR count). The monoisotopic (exact) mass is 392 g/mol. The van der Waals surface area contributed by atoms with Gasteiger partial charge < -0.3 is 10.1 Å². The number of hydrogen-bond acceptors (Lipinski definition) is 4. The smallest absolute Gasteiger partial charge is 0.269 e. The average Bonchev–Trinajstić information content (AvgIpc) is 2.59. The topological polar surface area (TPSA) is 81.5 Å². The van der Waals surface area contributed by atoms with Crippen molar-refractivity contribution in [3.63, 3.8) is 0 Å². The first-order valence-corrected chi connectivity index (χ1v) is 8.21. The van der Waals surface area contributed by atoms with Gasteiger partial charge in [-0.05, 0) is 36.2 Å². The van der Waals surface area contributed by atoms with Crippen LogP contribution in [-0.2, 0) is 4.79 Å². The van der Waals surface area contributed by atoms with Crippen LogP contribution in [0.5, 0.6) is 5.75 Å². The molecule has 0 aliphatic rings. The highest BCUT2D eigenvalue weighted by Gasteiger charge is 2.13. The number of ether oxygens (including phenoxy) is 1. The molecule has 1 atom stereocenters. The molecule has 0 saturated heterocycles. The van der Waals surface area contributed by atoms with E-state index in [0.717, 1.165) is 16.5 Å². The summed E-state index contributed by atoms with van der Waals surface area (Å²) in [4.78, 5) is 22.1. The molecule has 2 aromatic carbocycles. The van der Waals surface area contributed by atoms with E-state index in [1.807, 2.05) is 31.2 Å². The Balaban J connectivity index is 1.89. The fourth-order valence-electron chi connectivity index (χ4n) is 2.17. The fraction of sp³-hybridized carbons (Fsp3) is 0.235. The molecule has 0 fully saturated rings.